The third-order valence-electron chi connectivity index (χ3n) is 6.23. The lowest BCUT2D eigenvalue weighted by atomic mass is 10.2. The summed E-state index contributed by atoms with van der Waals surface area (Å²) in [7, 11) is 1.70. The molecule has 0 atom stereocenters. The summed E-state index contributed by atoms with van der Waals surface area (Å²) in [6.07, 6.45) is 2.73. The predicted molar refractivity (Wildman–Crippen MR) is 124 cm³/mol. The molecule has 1 aliphatic heterocycles. The number of amides is 1. The minimum Gasteiger partial charge on any atom is -0.383 e. The van der Waals surface area contributed by atoms with E-state index in [0.717, 1.165) is 68.1 Å². The van der Waals surface area contributed by atoms with Gasteiger partial charge in [-0.05, 0) is 37.6 Å². The largest absolute Gasteiger partial charge is 0.383 e. The average molecular weight is 446 g/mol. The molecule has 0 N–H and O–H groups in total. The number of benzene rings is 1. The number of hydrogen-bond acceptors (Lipinski definition) is 6. The minimum atomic E-state index is 0.210. The van der Waals surface area contributed by atoms with Crippen molar-refractivity contribution in [3.05, 3.63) is 29.0 Å². The summed E-state index contributed by atoms with van der Waals surface area (Å²) in [5.74, 6) is 2.41. The average Bonchev–Trinajstić information content (AvgIpc) is 3.64. The van der Waals surface area contributed by atoms with Crippen LogP contribution in [0.2, 0.25) is 5.02 Å². The normalized spacial score (nSPS) is 17.3. The third kappa shape index (κ3) is 5.45. The molecule has 2 aliphatic rings. The lowest BCUT2D eigenvalue weighted by molar-refractivity contribution is -0.132. The first-order valence-corrected chi connectivity index (χ1v) is 11.7. The maximum atomic E-state index is 12.9. The molecule has 1 saturated heterocycles. The van der Waals surface area contributed by atoms with E-state index in [4.69, 9.17) is 26.3 Å². The molecule has 7 nitrogen and oxygen atoms in total. The number of piperazine rings is 1. The molecule has 2 heterocycles. The lowest BCUT2D eigenvalue weighted by Gasteiger charge is -2.34. The number of nitrogens with zero attached hydrogens (tertiary/aromatic N) is 5. The van der Waals surface area contributed by atoms with Crippen LogP contribution in [0.4, 0.5) is 5.82 Å². The van der Waals surface area contributed by atoms with E-state index in [1.165, 1.54) is 0 Å². The molecule has 0 bridgehead atoms. The van der Waals surface area contributed by atoms with Gasteiger partial charge in [0.1, 0.15) is 11.6 Å². The van der Waals surface area contributed by atoms with Crippen molar-refractivity contribution in [2.24, 2.45) is 0 Å². The fourth-order valence-electron chi connectivity index (χ4n) is 4.10. The zero-order valence-corrected chi connectivity index (χ0v) is 19.3. The highest BCUT2D eigenvalue weighted by atomic mass is 35.5. The number of likely N-dealkylation sites (N-methyl/N-ethyl adjacent to an activating group) is 1. The number of carbonyl (C=O) groups is 1. The molecule has 1 saturated carbocycles. The van der Waals surface area contributed by atoms with Crippen molar-refractivity contribution in [1.29, 1.82) is 0 Å². The van der Waals surface area contributed by atoms with Gasteiger partial charge in [0.25, 0.3) is 0 Å². The van der Waals surface area contributed by atoms with E-state index in [1.807, 2.05) is 23.1 Å². The van der Waals surface area contributed by atoms with Gasteiger partial charge in [-0.15, -0.1) is 0 Å². The molecule has 1 aromatic carbocycles. The Morgan fingerprint density at radius 1 is 1.19 bits per heavy atom. The van der Waals surface area contributed by atoms with Crippen LogP contribution in [0.5, 0.6) is 0 Å². The molecular weight excluding hydrogens is 414 g/mol. The Kier molecular flexibility index (Phi) is 7.25. The van der Waals surface area contributed by atoms with Crippen LogP contribution in [0.15, 0.2) is 18.2 Å². The molecule has 168 valence electrons. The van der Waals surface area contributed by atoms with E-state index in [9.17, 15) is 4.79 Å². The molecule has 1 aliphatic carbocycles. The summed E-state index contributed by atoms with van der Waals surface area (Å²) >= 11 is 6.24. The van der Waals surface area contributed by atoms with Crippen molar-refractivity contribution < 1.29 is 9.53 Å². The summed E-state index contributed by atoms with van der Waals surface area (Å²) in [6, 6.07) is 5.76. The van der Waals surface area contributed by atoms with Crippen molar-refractivity contribution in [1.82, 2.24) is 19.8 Å². The summed E-state index contributed by atoms with van der Waals surface area (Å²) in [4.78, 5) is 29.2. The van der Waals surface area contributed by atoms with Gasteiger partial charge >= 0.3 is 0 Å². The number of fused-ring (bicyclic) bond motifs is 1. The Morgan fingerprint density at radius 2 is 1.97 bits per heavy atom. The lowest BCUT2D eigenvalue weighted by Crippen LogP contribution is -2.49. The van der Waals surface area contributed by atoms with Gasteiger partial charge in [0.05, 0.1) is 12.1 Å². The molecule has 1 aromatic heterocycles. The fourth-order valence-corrected chi connectivity index (χ4v) is 4.26. The molecule has 31 heavy (non-hydrogen) atoms. The third-order valence-corrected chi connectivity index (χ3v) is 6.47. The highest BCUT2D eigenvalue weighted by Gasteiger charge is 2.29. The number of aromatic nitrogens is 2. The maximum absolute atomic E-state index is 12.9. The van der Waals surface area contributed by atoms with Crippen molar-refractivity contribution in [2.75, 3.05) is 64.4 Å². The molecule has 0 unspecified atom stereocenters. The summed E-state index contributed by atoms with van der Waals surface area (Å²) in [5, 5.41) is 1.64. The second kappa shape index (κ2) is 10.1. The quantitative estimate of drug-likeness (QED) is 0.590. The number of methoxy groups -OCH3 is 1. The van der Waals surface area contributed by atoms with Gasteiger partial charge in [-0.3, -0.25) is 4.79 Å². The van der Waals surface area contributed by atoms with E-state index in [2.05, 4.69) is 16.7 Å². The van der Waals surface area contributed by atoms with Crippen LogP contribution in [0.3, 0.4) is 0 Å². The molecule has 2 fully saturated rings. The van der Waals surface area contributed by atoms with Gasteiger partial charge in [-0.2, -0.15) is 0 Å². The first-order chi connectivity index (χ1) is 15.1. The van der Waals surface area contributed by atoms with E-state index < -0.39 is 0 Å². The van der Waals surface area contributed by atoms with Crippen molar-refractivity contribution in [3.63, 3.8) is 0 Å². The van der Waals surface area contributed by atoms with Gasteiger partial charge in [-0.25, -0.2) is 9.97 Å². The second-order valence-corrected chi connectivity index (χ2v) is 8.82. The van der Waals surface area contributed by atoms with Crippen LogP contribution in [-0.4, -0.2) is 85.2 Å². The molecule has 0 spiro atoms. The molecular formula is C23H32ClN5O2. The number of anilines is 1. The van der Waals surface area contributed by atoms with Gasteiger partial charge < -0.3 is 19.4 Å². The van der Waals surface area contributed by atoms with E-state index in [-0.39, 0.29) is 5.91 Å². The zero-order valence-electron chi connectivity index (χ0n) is 18.5. The van der Waals surface area contributed by atoms with Crippen LogP contribution in [0.25, 0.3) is 10.9 Å². The van der Waals surface area contributed by atoms with Crippen molar-refractivity contribution in [2.45, 2.75) is 32.1 Å². The van der Waals surface area contributed by atoms with E-state index in [1.54, 1.807) is 7.11 Å². The van der Waals surface area contributed by atoms with Crippen LogP contribution >= 0.6 is 11.6 Å². The van der Waals surface area contributed by atoms with Crippen LogP contribution in [0, 0.1) is 0 Å². The highest BCUT2D eigenvalue weighted by molar-refractivity contribution is 6.31. The predicted octanol–water partition coefficient (Wildman–Crippen LogP) is 3.17. The van der Waals surface area contributed by atoms with E-state index >= 15 is 0 Å². The molecule has 1 amide bonds. The van der Waals surface area contributed by atoms with Gasteiger partial charge in [0.15, 0.2) is 0 Å². The number of ether oxygens (including phenoxy) is 1. The van der Waals surface area contributed by atoms with Crippen molar-refractivity contribution >= 4 is 34.2 Å². The first-order valence-electron chi connectivity index (χ1n) is 11.3. The summed E-state index contributed by atoms with van der Waals surface area (Å²) in [5.41, 5.74) is 0.865. The topological polar surface area (TPSA) is 61.8 Å². The molecule has 4 rings (SSSR count). The summed E-state index contributed by atoms with van der Waals surface area (Å²) < 4.78 is 5.36. The SMILES string of the molecule is CCN1CCN(C(=O)CCN(CCOC)c2nc(C3CC3)nc3cc(Cl)ccc23)CC1. The summed E-state index contributed by atoms with van der Waals surface area (Å²) in [6.45, 7) is 8.59. The Hall–Kier alpha value is -1.96. The van der Waals surface area contributed by atoms with Gasteiger partial charge in [-0.1, -0.05) is 18.5 Å². The Bertz CT molecular complexity index is 912. The number of rotatable bonds is 9. The van der Waals surface area contributed by atoms with Crippen LogP contribution in [0.1, 0.15) is 37.9 Å². The van der Waals surface area contributed by atoms with Crippen LogP contribution < -0.4 is 4.90 Å². The van der Waals surface area contributed by atoms with Crippen molar-refractivity contribution in [3.8, 4) is 0 Å². The maximum Gasteiger partial charge on any atom is 0.224 e. The second-order valence-electron chi connectivity index (χ2n) is 8.39. The molecule has 8 heteroatoms. The molecule has 2 aromatic rings. The zero-order chi connectivity index (χ0) is 21.8. The Morgan fingerprint density at radius 3 is 2.65 bits per heavy atom. The number of halogens is 1. The fraction of sp³-hybridized carbons (Fsp3) is 0.609. The number of carbonyl (C=O) groups excluding carboxylic acids is 1. The Balaban J connectivity index is 1.53. The monoisotopic (exact) mass is 445 g/mol. The Labute approximate surface area is 189 Å². The smallest absolute Gasteiger partial charge is 0.224 e. The van der Waals surface area contributed by atoms with Crippen LogP contribution in [-0.2, 0) is 9.53 Å². The van der Waals surface area contributed by atoms with Gasteiger partial charge in [0.2, 0.25) is 5.91 Å². The van der Waals surface area contributed by atoms with E-state index in [0.29, 0.717) is 37.1 Å². The number of hydrogen-bond donors (Lipinski definition) is 0. The first kappa shape index (κ1) is 22.2. The highest BCUT2D eigenvalue weighted by Crippen LogP contribution is 2.40. The van der Waals surface area contributed by atoms with Gasteiger partial charge in [0, 0.05) is 69.1 Å². The molecule has 0 radical (unpaired) electrons. The minimum absolute atomic E-state index is 0.210. The standard InChI is InChI=1S/C23H32ClN5O2/c1-3-27-10-12-28(13-11-27)21(30)8-9-29(14-15-31-2)23-19-7-6-18(24)16-20(19)25-22(26-23)17-4-5-17/h6-7,16-17H,3-5,8-15H2,1-2H3.